The topological polar surface area (TPSA) is 29.3 Å². The standard InChI is InChI=1S/C15H18N2S2/c1-17(8-7-14-6-3-9-19-14)11-12-4-2-5-13(10-12)15(16)18/h2-6,9-10H,7-8,11H2,1H3,(H2,16,18). The maximum Gasteiger partial charge on any atom is 0.103 e. The van der Waals surface area contributed by atoms with Crippen molar-refractivity contribution in [2.75, 3.05) is 13.6 Å². The summed E-state index contributed by atoms with van der Waals surface area (Å²) in [7, 11) is 2.14. The third kappa shape index (κ3) is 4.42. The van der Waals surface area contributed by atoms with E-state index in [4.69, 9.17) is 18.0 Å². The number of benzene rings is 1. The van der Waals surface area contributed by atoms with E-state index >= 15 is 0 Å². The maximum absolute atomic E-state index is 5.66. The smallest absolute Gasteiger partial charge is 0.103 e. The van der Waals surface area contributed by atoms with E-state index in [1.807, 2.05) is 23.5 Å². The van der Waals surface area contributed by atoms with Crippen LogP contribution in [0.15, 0.2) is 41.8 Å². The number of thiophene rings is 1. The zero-order valence-corrected chi connectivity index (χ0v) is 12.6. The minimum absolute atomic E-state index is 0.461. The van der Waals surface area contributed by atoms with Gasteiger partial charge in [0.25, 0.3) is 0 Å². The zero-order chi connectivity index (χ0) is 13.7. The minimum Gasteiger partial charge on any atom is -0.389 e. The molecule has 0 saturated heterocycles. The van der Waals surface area contributed by atoms with Gasteiger partial charge in [-0.05, 0) is 36.5 Å². The van der Waals surface area contributed by atoms with Gasteiger partial charge in [-0.15, -0.1) is 11.3 Å². The lowest BCUT2D eigenvalue weighted by atomic mass is 10.1. The molecule has 0 spiro atoms. The normalized spacial score (nSPS) is 10.8. The van der Waals surface area contributed by atoms with E-state index in [-0.39, 0.29) is 0 Å². The second-order valence-corrected chi connectivity index (χ2v) is 6.10. The summed E-state index contributed by atoms with van der Waals surface area (Å²) >= 11 is 6.82. The van der Waals surface area contributed by atoms with Crippen LogP contribution in [0.1, 0.15) is 16.0 Å². The molecule has 2 aromatic rings. The third-order valence-electron chi connectivity index (χ3n) is 2.98. The van der Waals surface area contributed by atoms with Gasteiger partial charge in [-0.25, -0.2) is 0 Å². The van der Waals surface area contributed by atoms with Gasteiger partial charge in [0.2, 0.25) is 0 Å². The van der Waals surface area contributed by atoms with E-state index in [0.717, 1.165) is 25.1 Å². The molecule has 0 unspecified atom stereocenters. The molecule has 19 heavy (non-hydrogen) atoms. The Morgan fingerprint density at radius 3 is 2.84 bits per heavy atom. The Labute approximate surface area is 123 Å². The highest BCUT2D eigenvalue weighted by Gasteiger charge is 2.03. The molecule has 100 valence electrons. The molecule has 1 heterocycles. The van der Waals surface area contributed by atoms with Crippen LogP contribution >= 0.6 is 23.6 Å². The molecule has 2 rings (SSSR count). The summed E-state index contributed by atoms with van der Waals surface area (Å²) in [6.07, 6.45) is 1.10. The van der Waals surface area contributed by atoms with Gasteiger partial charge in [-0.1, -0.05) is 36.5 Å². The van der Waals surface area contributed by atoms with Crippen LogP contribution in [0.4, 0.5) is 0 Å². The van der Waals surface area contributed by atoms with Crippen LogP contribution in [0.2, 0.25) is 0 Å². The Morgan fingerprint density at radius 2 is 2.16 bits per heavy atom. The van der Waals surface area contributed by atoms with Crippen molar-refractivity contribution >= 4 is 28.5 Å². The number of hydrogen-bond acceptors (Lipinski definition) is 3. The predicted molar refractivity (Wildman–Crippen MR) is 86.7 cm³/mol. The van der Waals surface area contributed by atoms with Crippen molar-refractivity contribution in [2.24, 2.45) is 5.73 Å². The third-order valence-corrected chi connectivity index (χ3v) is 4.16. The van der Waals surface area contributed by atoms with E-state index in [2.05, 4.69) is 41.6 Å². The second kappa shape index (κ2) is 6.80. The second-order valence-electron chi connectivity index (χ2n) is 4.63. The summed E-state index contributed by atoms with van der Waals surface area (Å²) in [6.45, 7) is 1.97. The molecule has 2 N–H and O–H groups in total. The van der Waals surface area contributed by atoms with Crippen LogP contribution in [-0.4, -0.2) is 23.5 Å². The van der Waals surface area contributed by atoms with Gasteiger partial charge >= 0.3 is 0 Å². The average molecular weight is 290 g/mol. The predicted octanol–water partition coefficient (Wildman–Crippen LogP) is 3.06. The van der Waals surface area contributed by atoms with Crippen LogP contribution in [-0.2, 0) is 13.0 Å². The molecule has 0 bridgehead atoms. The molecule has 4 heteroatoms. The number of likely N-dealkylation sites (N-methyl/N-ethyl adjacent to an activating group) is 1. The maximum atomic E-state index is 5.66. The van der Waals surface area contributed by atoms with Crippen molar-refractivity contribution in [3.63, 3.8) is 0 Å². The Balaban J connectivity index is 1.89. The van der Waals surface area contributed by atoms with Gasteiger partial charge in [0.15, 0.2) is 0 Å². The molecule has 0 fully saturated rings. The Bertz CT molecular complexity index is 535. The van der Waals surface area contributed by atoms with E-state index in [9.17, 15) is 0 Å². The first-order chi connectivity index (χ1) is 9.15. The fourth-order valence-corrected chi connectivity index (χ4v) is 2.79. The molecule has 1 aromatic heterocycles. The Hall–Kier alpha value is -1.23. The highest BCUT2D eigenvalue weighted by atomic mass is 32.1. The molecule has 0 saturated carbocycles. The first-order valence-corrected chi connectivity index (χ1v) is 7.53. The van der Waals surface area contributed by atoms with Gasteiger partial charge in [-0.3, -0.25) is 0 Å². The highest BCUT2D eigenvalue weighted by Crippen LogP contribution is 2.11. The fraction of sp³-hybridized carbons (Fsp3) is 0.267. The summed E-state index contributed by atoms with van der Waals surface area (Å²) in [4.78, 5) is 4.21. The number of nitrogens with two attached hydrogens (primary N) is 1. The molecular formula is C15H18N2S2. The minimum atomic E-state index is 0.461. The summed E-state index contributed by atoms with van der Waals surface area (Å²) < 4.78 is 0. The van der Waals surface area contributed by atoms with Crippen LogP contribution in [0.3, 0.4) is 0 Å². The molecule has 0 radical (unpaired) electrons. The van der Waals surface area contributed by atoms with Crippen molar-refractivity contribution in [3.05, 3.63) is 57.8 Å². The molecule has 2 nitrogen and oxygen atoms in total. The largest absolute Gasteiger partial charge is 0.389 e. The molecule has 0 amide bonds. The zero-order valence-electron chi connectivity index (χ0n) is 11.0. The average Bonchev–Trinajstić information content (AvgIpc) is 2.90. The van der Waals surface area contributed by atoms with Crippen LogP contribution in [0.25, 0.3) is 0 Å². The van der Waals surface area contributed by atoms with Crippen molar-refractivity contribution in [1.82, 2.24) is 4.90 Å². The van der Waals surface area contributed by atoms with E-state index < -0.39 is 0 Å². The van der Waals surface area contributed by atoms with Crippen molar-refractivity contribution in [3.8, 4) is 0 Å². The lowest BCUT2D eigenvalue weighted by Gasteiger charge is -2.16. The van der Waals surface area contributed by atoms with Gasteiger partial charge in [0.05, 0.1) is 0 Å². The number of hydrogen-bond donors (Lipinski definition) is 1. The summed E-state index contributed by atoms with van der Waals surface area (Å²) in [5.74, 6) is 0. The summed E-state index contributed by atoms with van der Waals surface area (Å²) in [6, 6.07) is 12.4. The fourth-order valence-electron chi connectivity index (χ4n) is 1.97. The number of nitrogens with zero attached hydrogens (tertiary/aromatic N) is 1. The molecule has 0 atom stereocenters. The Kier molecular flexibility index (Phi) is 5.07. The highest BCUT2D eigenvalue weighted by molar-refractivity contribution is 7.80. The van der Waals surface area contributed by atoms with E-state index in [1.165, 1.54) is 10.4 Å². The van der Waals surface area contributed by atoms with Gasteiger partial charge < -0.3 is 10.6 Å². The molecule has 0 aliphatic heterocycles. The summed E-state index contributed by atoms with van der Waals surface area (Å²) in [5.41, 5.74) is 7.85. The van der Waals surface area contributed by atoms with Crippen LogP contribution in [0.5, 0.6) is 0 Å². The van der Waals surface area contributed by atoms with Crippen molar-refractivity contribution < 1.29 is 0 Å². The molecule has 0 aliphatic carbocycles. The number of thiocarbonyl (C=S) groups is 1. The SMILES string of the molecule is CN(CCc1cccs1)Cc1cccc(C(N)=S)c1. The van der Waals surface area contributed by atoms with Crippen molar-refractivity contribution in [1.29, 1.82) is 0 Å². The van der Waals surface area contributed by atoms with Gasteiger partial charge in [0, 0.05) is 23.5 Å². The lowest BCUT2D eigenvalue weighted by molar-refractivity contribution is 0.332. The number of rotatable bonds is 6. The summed E-state index contributed by atoms with van der Waals surface area (Å²) in [5, 5.41) is 2.13. The molecular weight excluding hydrogens is 272 g/mol. The quantitative estimate of drug-likeness (QED) is 0.829. The van der Waals surface area contributed by atoms with E-state index in [0.29, 0.717) is 4.99 Å². The monoisotopic (exact) mass is 290 g/mol. The lowest BCUT2D eigenvalue weighted by Crippen LogP contribution is -2.20. The first kappa shape index (κ1) is 14.2. The van der Waals surface area contributed by atoms with Crippen LogP contribution < -0.4 is 5.73 Å². The molecule has 0 aliphatic rings. The van der Waals surface area contributed by atoms with E-state index in [1.54, 1.807) is 0 Å². The molecule has 1 aromatic carbocycles. The Morgan fingerprint density at radius 1 is 1.32 bits per heavy atom. The van der Waals surface area contributed by atoms with Gasteiger partial charge in [0.1, 0.15) is 4.99 Å². The van der Waals surface area contributed by atoms with Gasteiger partial charge in [-0.2, -0.15) is 0 Å². The first-order valence-electron chi connectivity index (χ1n) is 6.25. The van der Waals surface area contributed by atoms with Crippen LogP contribution in [0, 0.1) is 0 Å². The van der Waals surface area contributed by atoms with Crippen molar-refractivity contribution in [2.45, 2.75) is 13.0 Å².